The van der Waals surface area contributed by atoms with Crippen LogP contribution in [0.1, 0.15) is 74.8 Å². The van der Waals surface area contributed by atoms with Gasteiger partial charge in [0.1, 0.15) is 12.4 Å². The van der Waals surface area contributed by atoms with Gasteiger partial charge in [-0.2, -0.15) is 6.07 Å². The van der Waals surface area contributed by atoms with E-state index in [1.807, 2.05) is 37.5 Å². The molecule has 0 radical (unpaired) electrons. The van der Waals surface area contributed by atoms with Crippen molar-refractivity contribution in [1.29, 1.82) is 0 Å². The number of carbonyl (C=O) groups is 1. The summed E-state index contributed by atoms with van der Waals surface area (Å²) in [6.45, 7) is 16.1. The molecule has 1 aromatic heterocycles. The number of aromatic nitrogens is 1. The van der Waals surface area contributed by atoms with E-state index in [0.717, 1.165) is 74.5 Å². The Morgan fingerprint density at radius 1 is 1.13 bits per heavy atom. The molecule has 0 N–H and O–H groups in total. The van der Waals surface area contributed by atoms with Crippen molar-refractivity contribution in [3.05, 3.63) is 100 Å². The van der Waals surface area contributed by atoms with Crippen LogP contribution in [0.15, 0.2) is 66.9 Å². The first kappa shape index (κ1) is 39.5. The second kappa shape index (κ2) is 20.5. The van der Waals surface area contributed by atoms with Crippen LogP contribution in [0.25, 0.3) is 0 Å². The van der Waals surface area contributed by atoms with E-state index in [2.05, 4.69) is 35.0 Å². The van der Waals surface area contributed by atoms with Gasteiger partial charge in [0, 0.05) is 85.1 Å². The van der Waals surface area contributed by atoms with Crippen LogP contribution in [0.2, 0.25) is 5.02 Å². The van der Waals surface area contributed by atoms with Crippen LogP contribution in [-0.2, 0) is 20.9 Å². The topological polar surface area (TPSA) is 72.0 Å². The van der Waals surface area contributed by atoms with Gasteiger partial charge in [0.2, 0.25) is 5.88 Å². The summed E-state index contributed by atoms with van der Waals surface area (Å²) in [5.41, 5.74) is 5.16. The Morgan fingerprint density at radius 3 is 2.48 bits per heavy atom. The zero-order valence-electron chi connectivity index (χ0n) is 27.3. The molecule has 1 fully saturated rings. The summed E-state index contributed by atoms with van der Waals surface area (Å²) >= 11 is 5.84. The maximum Gasteiger partial charge on any atom is 0.302 e. The van der Waals surface area contributed by atoms with Crippen molar-refractivity contribution in [2.24, 2.45) is 0 Å². The fourth-order valence-electron chi connectivity index (χ4n) is 5.14. The van der Waals surface area contributed by atoms with Gasteiger partial charge in [-0.15, -0.1) is 17.7 Å². The van der Waals surface area contributed by atoms with E-state index >= 15 is 0 Å². The molecule has 1 aliphatic rings. The molecule has 1 aliphatic heterocycles. The number of hydrogen-bond donors (Lipinski definition) is 0. The number of anilines is 1. The van der Waals surface area contributed by atoms with Crippen molar-refractivity contribution in [2.75, 3.05) is 37.7 Å². The van der Waals surface area contributed by atoms with Gasteiger partial charge in [-0.3, -0.25) is 9.69 Å². The van der Waals surface area contributed by atoms with Crippen molar-refractivity contribution in [1.82, 2.24) is 9.88 Å². The molecule has 0 atom stereocenters. The van der Waals surface area contributed by atoms with Crippen molar-refractivity contribution >= 4 is 29.5 Å². The third-order valence-electron chi connectivity index (χ3n) is 7.50. The van der Waals surface area contributed by atoms with Gasteiger partial charge in [-0.1, -0.05) is 49.7 Å². The molecular weight excluding hydrogens is 831 g/mol. The molecule has 46 heavy (non-hydrogen) atoms. The number of halogens is 2. The zero-order chi connectivity index (χ0) is 32.8. The molecule has 2 aromatic carbocycles. The number of ether oxygens (including phenoxy) is 2. The molecule has 246 valence electrons. The molecule has 7 nitrogen and oxygen atoms in total. The number of likely N-dealkylation sites (tertiary alicyclic amines) is 1. The number of nitrogens with zero attached hydrogens (tertiary/aromatic N) is 3. The predicted octanol–water partition coefficient (Wildman–Crippen LogP) is 7.79. The summed E-state index contributed by atoms with van der Waals surface area (Å²) in [7, 11) is 0. The summed E-state index contributed by atoms with van der Waals surface area (Å²) in [5.74, 6) is 0.254. The second-order valence-corrected chi connectivity index (χ2v) is 11.6. The molecule has 0 bridgehead atoms. The van der Waals surface area contributed by atoms with Crippen LogP contribution in [-0.4, -0.2) is 54.9 Å². The summed E-state index contributed by atoms with van der Waals surface area (Å²) in [6, 6.07) is 16.0. The number of esters is 1. The Bertz CT molecular complexity index is 1430. The Kier molecular flexibility index (Phi) is 17.6. The molecule has 0 saturated carbocycles. The third kappa shape index (κ3) is 12.5. The van der Waals surface area contributed by atoms with Gasteiger partial charge < -0.3 is 19.2 Å². The first-order chi connectivity index (χ1) is 21.6. The summed E-state index contributed by atoms with van der Waals surface area (Å²) < 4.78 is 24.4. The minimum Gasteiger partial charge on any atom is -0.473 e. The number of benzene rings is 2. The number of carbonyl (C=O) groups excluding carboxylic acids is 2. The van der Waals surface area contributed by atoms with Crippen molar-refractivity contribution in [2.45, 2.75) is 65.9 Å². The zero-order valence-corrected chi connectivity index (χ0v) is 32.2. The molecule has 10 heteroatoms. The molecule has 1 saturated heterocycles. The Hall–Kier alpha value is -2.70. The third-order valence-corrected chi connectivity index (χ3v) is 7.74. The Labute approximate surface area is 301 Å². The predicted molar refractivity (Wildman–Crippen MR) is 178 cm³/mol. The average Bonchev–Trinajstić information content (AvgIpc) is 3.03. The summed E-state index contributed by atoms with van der Waals surface area (Å²) in [6.07, 6.45) is 5.85. The monoisotopic (exact) mass is 874 g/mol. The van der Waals surface area contributed by atoms with Crippen LogP contribution in [0, 0.1) is 43.9 Å². The SMILES string of the molecule is C=C(CN1CCC(c2cccc(OCc3ccc(Cl)cc3F)n2)CC1)N(CCC)c1cc([C-]=O)ccc1C.CCCOC(C)=O.[U]. The van der Waals surface area contributed by atoms with Crippen molar-refractivity contribution in [3.63, 3.8) is 0 Å². The van der Waals surface area contributed by atoms with Gasteiger partial charge in [-0.25, -0.2) is 9.37 Å². The van der Waals surface area contributed by atoms with Crippen LogP contribution < -0.4 is 9.64 Å². The van der Waals surface area contributed by atoms with E-state index < -0.39 is 0 Å². The minimum absolute atomic E-state index is 0. The quantitative estimate of drug-likeness (QED) is 0.128. The van der Waals surface area contributed by atoms with Crippen LogP contribution in [0.5, 0.6) is 5.88 Å². The fourth-order valence-corrected chi connectivity index (χ4v) is 5.30. The first-order valence-corrected chi connectivity index (χ1v) is 15.9. The average molecular weight is 875 g/mol. The standard InChI is InChI=1S/C31H34ClFN3O2.C5H10O2.U/c1-4-14-36(30-17-24(20-37)9-8-22(30)2)23(3)19-35-15-12-25(13-16-35)29-6-5-7-31(34-29)38-21-26-10-11-27(32)18-28(26)33;1-3-4-7-5(2)6;/h5-11,17-18,25H,3-4,12-16,19,21H2,1-2H3;3-4H2,1-2H3;/q-1;;. The molecular formula is C36H44ClFN3O4U-. The molecule has 0 amide bonds. The molecule has 0 aliphatic carbocycles. The first-order valence-electron chi connectivity index (χ1n) is 15.5. The summed E-state index contributed by atoms with van der Waals surface area (Å²) in [4.78, 5) is 30.6. The van der Waals surface area contributed by atoms with E-state index in [1.165, 1.54) is 13.0 Å². The molecule has 3 aromatic rings. The van der Waals surface area contributed by atoms with Crippen molar-refractivity contribution in [3.8, 4) is 5.88 Å². The van der Waals surface area contributed by atoms with Crippen molar-refractivity contribution < 1.29 is 54.6 Å². The van der Waals surface area contributed by atoms with Gasteiger partial charge in [-0.05, 0) is 69.6 Å². The molecule has 0 unspecified atom stereocenters. The number of piperidine rings is 1. The van der Waals surface area contributed by atoms with Crippen LogP contribution >= 0.6 is 11.6 Å². The van der Waals surface area contributed by atoms with Gasteiger partial charge in [0.15, 0.2) is 0 Å². The summed E-state index contributed by atoms with van der Waals surface area (Å²) in [5, 5.41) is 0.361. The van der Waals surface area contributed by atoms with E-state index in [-0.39, 0.29) is 49.5 Å². The number of rotatable bonds is 13. The largest absolute Gasteiger partial charge is 0.473 e. The second-order valence-electron chi connectivity index (χ2n) is 11.1. The van der Waals surface area contributed by atoms with Crippen LogP contribution in [0.4, 0.5) is 10.1 Å². The maximum absolute atomic E-state index is 14.1. The smallest absolute Gasteiger partial charge is 0.302 e. The van der Waals surface area contributed by atoms with Gasteiger partial charge in [0.25, 0.3) is 0 Å². The molecule has 4 rings (SSSR count). The van der Waals surface area contributed by atoms with Gasteiger partial charge in [0.05, 0.1) is 12.9 Å². The normalized spacial score (nSPS) is 13.1. The van der Waals surface area contributed by atoms with E-state index in [1.54, 1.807) is 24.3 Å². The number of aryl methyl sites for hydroxylation is 1. The Morgan fingerprint density at radius 2 is 1.87 bits per heavy atom. The van der Waals surface area contributed by atoms with E-state index in [4.69, 9.17) is 21.3 Å². The molecule has 2 heterocycles. The Balaban J connectivity index is 0.000000827. The number of pyridine rings is 1. The van der Waals surface area contributed by atoms with Gasteiger partial charge >= 0.3 is 5.97 Å². The maximum atomic E-state index is 14.1. The fraction of sp³-hybridized carbons (Fsp3) is 0.417. The van der Waals surface area contributed by atoms with E-state index in [9.17, 15) is 14.0 Å². The number of hydrogen-bond acceptors (Lipinski definition) is 7. The van der Waals surface area contributed by atoms with Crippen LogP contribution in [0.3, 0.4) is 0 Å². The minimum atomic E-state index is -0.384. The van der Waals surface area contributed by atoms with E-state index in [0.29, 0.717) is 34.6 Å². The molecule has 0 spiro atoms.